The molecule has 0 spiro atoms. The van der Waals surface area contributed by atoms with Crippen LogP contribution in [-0.4, -0.2) is 32.0 Å². The number of unbranched alkanes of at least 4 members (excludes halogenated alkanes) is 4. The SMILES string of the molecule is CCCCCCC#C[C@@H](O)[C@H]([Se]c1ccccc1)C(C)=O. The molecule has 21 heavy (non-hydrogen) atoms. The number of carbonyl (C=O) groups is 1. The van der Waals surface area contributed by atoms with Crippen LogP contribution in [-0.2, 0) is 4.79 Å². The number of benzene rings is 1. The summed E-state index contributed by atoms with van der Waals surface area (Å²) in [6, 6.07) is 9.87. The Morgan fingerprint density at radius 3 is 2.57 bits per heavy atom. The van der Waals surface area contributed by atoms with Gasteiger partial charge in [0.15, 0.2) is 0 Å². The summed E-state index contributed by atoms with van der Waals surface area (Å²) >= 11 is -0.0800. The van der Waals surface area contributed by atoms with Crippen LogP contribution in [0.15, 0.2) is 30.3 Å². The number of carbonyl (C=O) groups excluding carboxylic acids is 1. The van der Waals surface area contributed by atoms with E-state index in [1.165, 1.54) is 19.3 Å². The molecule has 0 saturated heterocycles. The molecule has 1 aromatic rings. The summed E-state index contributed by atoms with van der Waals surface area (Å²) in [7, 11) is 0. The first-order chi connectivity index (χ1) is 10.1. The normalized spacial score (nSPS) is 13.1. The number of rotatable bonds is 8. The number of aliphatic hydroxyl groups excluding tert-OH is 1. The maximum absolute atomic E-state index is 11.8. The number of aliphatic hydroxyl groups is 1. The third-order valence-corrected chi connectivity index (χ3v) is 6.01. The van der Waals surface area contributed by atoms with Gasteiger partial charge in [-0.2, -0.15) is 0 Å². The molecule has 0 saturated carbocycles. The van der Waals surface area contributed by atoms with Crippen molar-refractivity contribution in [2.75, 3.05) is 0 Å². The number of hydrogen-bond donors (Lipinski definition) is 1. The van der Waals surface area contributed by atoms with Gasteiger partial charge in [0.2, 0.25) is 0 Å². The van der Waals surface area contributed by atoms with Gasteiger partial charge in [0.1, 0.15) is 0 Å². The molecule has 3 heteroatoms. The van der Waals surface area contributed by atoms with Gasteiger partial charge in [-0.1, -0.05) is 0 Å². The molecule has 0 radical (unpaired) electrons. The van der Waals surface area contributed by atoms with E-state index >= 15 is 0 Å². The van der Waals surface area contributed by atoms with E-state index in [-0.39, 0.29) is 25.6 Å². The maximum atomic E-state index is 11.8. The third kappa shape index (κ3) is 7.48. The second-order valence-corrected chi connectivity index (χ2v) is 7.59. The van der Waals surface area contributed by atoms with E-state index in [1.54, 1.807) is 6.92 Å². The molecule has 0 bridgehead atoms. The van der Waals surface area contributed by atoms with Crippen LogP contribution < -0.4 is 4.46 Å². The van der Waals surface area contributed by atoms with Crippen LogP contribution in [0.3, 0.4) is 0 Å². The van der Waals surface area contributed by atoms with Crippen LogP contribution in [0.25, 0.3) is 0 Å². The predicted octanol–water partition coefficient (Wildman–Crippen LogP) is 2.73. The molecule has 0 aliphatic carbocycles. The molecule has 0 unspecified atom stereocenters. The minimum absolute atomic E-state index is 0.0200. The number of Topliss-reactive ketones (excluding diaryl/α,β-unsaturated/α-hetero) is 1. The summed E-state index contributed by atoms with van der Waals surface area (Å²) in [5, 5.41) is 10.2. The van der Waals surface area contributed by atoms with Gasteiger partial charge in [-0.15, -0.1) is 0 Å². The van der Waals surface area contributed by atoms with Crippen molar-refractivity contribution in [3.8, 4) is 11.8 Å². The van der Waals surface area contributed by atoms with Crippen molar-refractivity contribution < 1.29 is 9.90 Å². The Bertz CT molecular complexity index is 473. The number of hydrogen-bond acceptors (Lipinski definition) is 2. The van der Waals surface area contributed by atoms with Crippen molar-refractivity contribution in [2.24, 2.45) is 0 Å². The number of ketones is 1. The molecule has 0 aliphatic heterocycles. The first-order valence-corrected chi connectivity index (χ1v) is 9.38. The van der Waals surface area contributed by atoms with Crippen LogP contribution in [0.5, 0.6) is 0 Å². The van der Waals surface area contributed by atoms with E-state index in [9.17, 15) is 9.90 Å². The molecule has 0 amide bonds. The fourth-order valence-corrected chi connectivity index (χ4v) is 3.94. The van der Waals surface area contributed by atoms with Crippen molar-refractivity contribution in [1.29, 1.82) is 0 Å². The summed E-state index contributed by atoms with van der Waals surface area (Å²) in [6.45, 7) is 3.72. The summed E-state index contributed by atoms with van der Waals surface area (Å²) in [5.41, 5.74) is 0. The van der Waals surface area contributed by atoms with Crippen molar-refractivity contribution in [1.82, 2.24) is 0 Å². The molecule has 0 aromatic heterocycles. The van der Waals surface area contributed by atoms with Gasteiger partial charge < -0.3 is 0 Å². The predicted molar refractivity (Wildman–Crippen MR) is 88.8 cm³/mol. The average Bonchev–Trinajstić information content (AvgIpc) is 2.49. The molecule has 2 nitrogen and oxygen atoms in total. The molecule has 1 rings (SSSR count). The van der Waals surface area contributed by atoms with E-state index in [0.717, 1.165) is 17.3 Å². The van der Waals surface area contributed by atoms with Gasteiger partial charge in [0, 0.05) is 0 Å². The van der Waals surface area contributed by atoms with Crippen LogP contribution in [0.2, 0.25) is 4.82 Å². The Kier molecular flexibility index (Phi) is 9.10. The zero-order chi connectivity index (χ0) is 15.5. The van der Waals surface area contributed by atoms with Gasteiger partial charge in [0.05, 0.1) is 0 Å². The van der Waals surface area contributed by atoms with E-state index in [0.29, 0.717) is 0 Å². The van der Waals surface area contributed by atoms with E-state index in [2.05, 4.69) is 18.8 Å². The monoisotopic (exact) mass is 352 g/mol. The molecular weight excluding hydrogens is 327 g/mol. The quantitative estimate of drug-likeness (QED) is 0.444. The van der Waals surface area contributed by atoms with E-state index in [1.807, 2.05) is 30.3 Å². The molecule has 114 valence electrons. The van der Waals surface area contributed by atoms with Crippen molar-refractivity contribution >= 4 is 25.2 Å². The zero-order valence-electron chi connectivity index (χ0n) is 12.8. The summed E-state index contributed by atoms with van der Waals surface area (Å²) < 4.78 is 1.12. The molecule has 0 fully saturated rings. The fraction of sp³-hybridized carbons (Fsp3) is 0.500. The average molecular weight is 351 g/mol. The van der Waals surface area contributed by atoms with Crippen molar-refractivity contribution in [2.45, 2.75) is 56.9 Å². The first-order valence-electron chi connectivity index (χ1n) is 7.53. The molecule has 0 heterocycles. The van der Waals surface area contributed by atoms with E-state index < -0.39 is 6.10 Å². The summed E-state index contributed by atoms with van der Waals surface area (Å²) in [6.07, 6.45) is 4.67. The first kappa shape index (κ1) is 18.0. The van der Waals surface area contributed by atoms with Crippen LogP contribution in [0.4, 0.5) is 0 Å². The molecule has 2 atom stereocenters. The van der Waals surface area contributed by atoms with Crippen molar-refractivity contribution in [3.63, 3.8) is 0 Å². The zero-order valence-corrected chi connectivity index (χ0v) is 14.6. The molecular formula is C18H24O2Se. The Hall–Kier alpha value is -1.07. The van der Waals surface area contributed by atoms with Gasteiger partial charge in [-0.05, 0) is 0 Å². The molecule has 1 aromatic carbocycles. The Morgan fingerprint density at radius 2 is 1.95 bits per heavy atom. The third-order valence-electron chi connectivity index (χ3n) is 3.10. The summed E-state index contributed by atoms with van der Waals surface area (Å²) in [4.78, 5) is 11.4. The van der Waals surface area contributed by atoms with Gasteiger partial charge in [0.25, 0.3) is 0 Å². The Morgan fingerprint density at radius 1 is 1.24 bits per heavy atom. The molecule has 0 aliphatic rings. The molecule has 1 N–H and O–H groups in total. The minimum atomic E-state index is -0.839. The Labute approximate surface area is 134 Å². The Balaban J connectivity index is 2.52. The topological polar surface area (TPSA) is 37.3 Å². The van der Waals surface area contributed by atoms with Gasteiger partial charge in [-0.25, -0.2) is 0 Å². The van der Waals surface area contributed by atoms with Gasteiger partial charge in [-0.3, -0.25) is 0 Å². The van der Waals surface area contributed by atoms with Crippen LogP contribution >= 0.6 is 0 Å². The van der Waals surface area contributed by atoms with E-state index in [4.69, 9.17) is 0 Å². The summed E-state index contributed by atoms with van der Waals surface area (Å²) in [5.74, 6) is 5.90. The van der Waals surface area contributed by atoms with Crippen LogP contribution in [0, 0.1) is 11.8 Å². The van der Waals surface area contributed by atoms with Gasteiger partial charge >= 0.3 is 134 Å². The second-order valence-electron chi connectivity index (χ2n) is 5.04. The second kappa shape index (κ2) is 10.6. The van der Waals surface area contributed by atoms with Crippen molar-refractivity contribution in [3.05, 3.63) is 30.3 Å². The fourth-order valence-electron chi connectivity index (χ4n) is 1.91. The van der Waals surface area contributed by atoms with Crippen LogP contribution in [0.1, 0.15) is 46.0 Å². The standard InChI is InChI=1S/C18H24O2Se/c1-3-4-5-6-7-11-14-17(20)18(15(2)19)21-16-12-9-8-10-13-16/h8-10,12-13,17-18,20H,3-7H2,1-2H3/t17-,18-/m1/s1.